The molecule has 0 aromatic heterocycles. The summed E-state index contributed by atoms with van der Waals surface area (Å²) >= 11 is 0. The van der Waals surface area contributed by atoms with Gasteiger partial charge in [0.2, 0.25) is 0 Å². The minimum atomic E-state index is 0. The Balaban J connectivity index is 0.00000243. The minimum Gasteiger partial charge on any atom is -0.490 e. The average molecular weight is 465 g/mol. The molecule has 4 nitrogen and oxygen atoms in total. The molecule has 1 N–H and O–H groups in total. The maximum absolute atomic E-state index is 6.07. The Bertz CT molecular complexity index is 655. The van der Waals surface area contributed by atoms with Crippen LogP contribution in [0, 0.1) is 0 Å². The van der Waals surface area contributed by atoms with Gasteiger partial charge < -0.3 is 15.0 Å². The van der Waals surface area contributed by atoms with E-state index in [0.29, 0.717) is 6.10 Å². The highest BCUT2D eigenvalue weighted by atomic mass is 127. The van der Waals surface area contributed by atoms with Crippen LogP contribution in [-0.4, -0.2) is 43.6 Å². The zero-order valence-corrected chi connectivity index (χ0v) is 17.6. The van der Waals surface area contributed by atoms with Crippen LogP contribution in [0.15, 0.2) is 65.7 Å². The van der Waals surface area contributed by atoms with Gasteiger partial charge in [-0.2, -0.15) is 0 Å². The van der Waals surface area contributed by atoms with Crippen molar-refractivity contribution >= 4 is 29.9 Å². The van der Waals surface area contributed by atoms with E-state index >= 15 is 0 Å². The van der Waals surface area contributed by atoms with Gasteiger partial charge in [-0.25, -0.2) is 0 Å². The van der Waals surface area contributed by atoms with Crippen LogP contribution in [0.4, 0.5) is 0 Å². The Hall–Kier alpha value is -1.76. The molecule has 2 aromatic carbocycles. The molecule has 2 aromatic rings. The van der Waals surface area contributed by atoms with Gasteiger partial charge in [-0.05, 0) is 24.1 Å². The summed E-state index contributed by atoms with van der Waals surface area (Å²) < 4.78 is 6.07. The number of rotatable bonds is 5. The third-order valence-electron chi connectivity index (χ3n) is 4.54. The van der Waals surface area contributed by atoms with Crippen molar-refractivity contribution in [2.45, 2.75) is 25.4 Å². The van der Waals surface area contributed by atoms with Crippen LogP contribution in [0.5, 0.6) is 5.75 Å². The molecule has 1 saturated heterocycles. The molecule has 3 rings (SSSR count). The Kier molecular flexibility index (Phi) is 8.74. The van der Waals surface area contributed by atoms with E-state index in [0.717, 1.165) is 50.6 Å². The normalized spacial score (nSPS) is 15.3. The Morgan fingerprint density at radius 1 is 1.04 bits per heavy atom. The van der Waals surface area contributed by atoms with E-state index in [1.807, 2.05) is 37.4 Å². The fourth-order valence-corrected chi connectivity index (χ4v) is 3.17. The molecular formula is C21H28IN3O. The SMILES string of the molecule is CN=C(NCCc1ccccc1)N1CCC(Oc2ccccc2)CC1.I. The van der Waals surface area contributed by atoms with Gasteiger partial charge >= 0.3 is 0 Å². The van der Waals surface area contributed by atoms with E-state index in [1.165, 1.54) is 5.56 Å². The quantitative estimate of drug-likeness (QED) is 0.413. The maximum Gasteiger partial charge on any atom is 0.193 e. The van der Waals surface area contributed by atoms with Gasteiger partial charge in [-0.15, -0.1) is 24.0 Å². The monoisotopic (exact) mass is 465 g/mol. The molecule has 1 fully saturated rings. The number of benzene rings is 2. The van der Waals surface area contributed by atoms with Crippen LogP contribution in [0.2, 0.25) is 0 Å². The molecule has 1 aliphatic rings. The van der Waals surface area contributed by atoms with Crippen LogP contribution in [0.1, 0.15) is 18.4 Å². The molecule has 0 aliphatic carbocycles. The molecule has 140 valence electrons. The van der Waals surface area contributed by atoms with Crippen molar-refractivity contribution in [3.8, 4) is 5.75 Å². The highest BCUT2D eigenvalue weighted by molar-refractivity contribution is 14.0. The van der Waals surface area contributed by atoms with Crippen molar-refractivity contribution in [3.05, 3.63) is 66.2 Å². The largest absolute Gasteiger partial charge is 0.490 e. The first-order chi connectivity index (χ1) is 12.3. The Labute approximate surface area is 173 Å². The molecule has 0 atom stereocenters. The van der Waals surface area contributed by atoms with Gasteiger partial charge in [0.1, 0.15) is 11.9 Å². The van der Waals surface area contributed by atoms with Crippen molar-refractivity contribution in [1.29, 1.82) is 0 Å². The van der Waals surface area contributed by atoms with Crippen molar-refractivity contribution in [1.82, 2.24) is 10.2 Å². The average Bonchev–Trinajstić information content (AvgIpc) is 2.68. The topological polar surface area (TPSA) is 36.9 Å². The highest BCUT2D eigenvalue weighted by Gasteiger charge is 2.22. The van der Waals surface area contributed by atoms with E-state index in [4.69, 9.17) is 4.74 Å². The predicted octanol–water partition coefficient (Wildman–Crippen LogP) is 3.97. The van der Waals surface area contributed by atoms with Gasteiger partial charge in [0, 0.05) is 39.5 Å². The zero-order chi connectivity index (χ0) is 17.3. The standard InChI is InChI=1S/C21H27N3O.HI/c1-22-21(23-15-12-18-8-4-2-5-9-18)24-16-13-20(14-17-24)25-19-10-6-3-7-11-19;/h2-11,20H,12-17H2,1H3,(H,22,23);1H. The number of nitrogens with zero attached hydrogens (tertiary/aromatic N) is 2. The number of hydrogen-bond acceptors (Lipinski definition) is 2. The zero-order valence-electron chi connectivity index (χ0n) is 15.3. The number of hydrogen-bond donors (Lipinski definition) is 1. The molecule has 0 saturated carbocycles. The van der Waals surface area contributed by atoms with Crippen LogP contribution in [-0.2, 0) is 6.42 Å². The lowest BCUT2D eigenvalue weighted by molar-refractivity contribution is 0.129. The number of aliphatic imine (C=N–C) groups is 1. The molecule has 26 heavy (non-hydrogen) atoms. The summed E-state index contributed by atoms with van der Waals surface area (Å²) in [5.41, 5.74) is 1.35. The van der Waals surface area contributed by atoms with Crippen LogP contribution in [0.25, 0.3) is 0 Å². The predicted molar refractivity (Wildman–Crippen MR) is 119 cm³/mol. The molecule has 5 heteroatoms. The number of guanidine groups is 1. The lowest BCUT2D eigenvalue weighted by Gasteiger charge is -2.34. The summed E-state index contributed by atoms with van der Waals surface area (Å²) in [7, 11) is 1.86. The summed E-state index contributed by atoms with van der Waals surface area (Å²) in [5, 5.41) is 3.49. The molecule has 0 spiro atoms. The second-order valence-electron chi connectivity index (χ2n) is 6.33. The maximum atomic E-state index is 6.07. The lowest BCUT2D eigenvalue weighted by Crippen LogP contribution is -2.47. The Morgan fingerprint density at radius 2 is 1.65 bits per heavy atom. The summed E-state index contributed by atoms with van der Waals surface area (Å²) in [5.74, 6) is 1.96. The number of ether oxygens (including phenoxy) is 1. The molecule has 0 bridgehead atoms. The van der Waals surface area contributed by atoms with Gasteiger partial charge in [-0.3, -0.25) is 4.99 Å². The van der Waals surface area contributed by atoms with E-state index < -0.39 is 0 Å². The molecular weight excluding hydrogens is 437 g/mol. The van der Waals surface area contributed by atoms with E-state index in [2.05, 4.69) is 45.5 Å². The molecule has 0 amide bonds. The third kappa shape index (κ3) is 6.20. The van der Waals surface area contributed by atoms with Crippen LogP contribution in [0.3, 0.4) is 0 Å². The molecule has 1 heterocycles. The minimum absolute atomic E-state index is 0. The lowest BCUT2D eigenvalue weighted by atomic mass is 10.1. The van der Waals surface area contributed by atoms with E-state index in [9.17, 15) is 0 Å². The molecule has 0 radical (unpaired) electrons. The third-order valence-corrected chi connectivity index (χ3v) is 4.54. The van der Waals surface area contributed by atoms with Gasteiger partial charge in [0.25, 0.3) is 0 Å². The van der Waals surface area contributed by atoms with Crippen LogP contribution >= 0.6 is 24.0 Å². The highest BCUT2D eigenvalue weighted by Crippen LogP contribution is 2.18. The van der Waals surface area contributed by atoms with Crippen molar-refractivity contribution in [2.24, 2.45) is 4.99 Å². The van der Waals surface area contributed by atoms with Gasteiger partial charge in [-0.1, -0.05) is 48.5 Å². The first-order valence-electron chi connectivity index (χ1n) is 9.06. The number of nitrogens with one attached hydrogen (secondary N) is 1. The summed E-state index contributed by atoms with van der Waals surface area (Å²) in [4.78, 5) is 6.77. The fraction of sp³-hybridized carbons (Fsp3) is 0.381. The smallest absolute Gasteiger partial charge is 0.193 e. The van der Waals surface area contributed by atoms with Gasteiger partial charge in [0.15, 0.2) is 5.96 Å². The first-order valence-corrected chi connectivity index (χ1v) is 9.06. The number of likely N-dealkylation sites (tertiary alicyclic amines) is 1. The summed E-state index contributed by atoms with van der Waals surface area (Å²) in [6.45, 7) is 2.85. The summed E-state index contributed by atoms with van der Waals surface area (Å²) in [6, 6.07) is 20.6. The summed E-state index contributed by atoms with van der Waals surface area (Å²) in [6.07, 6.45) is 3.34. The Morgan fingerprint density at radius 3 is 2.27 bits per heavy atom. The second kappa shape index (κ2) is 11.1. The van der Waals surface area contributed by atoms with E-state index in [1.54, 1.807) is 0 Å². The van der Waals surface area contributed by atoms with Crippen molar-refractivity contribution in [2.75, 3.05) is 26.7 Å². The van der Waals surface area contributed by atoms with Crippen LogP contribution < -0.4 is 10.1 Å². The molecule has 0 unspecified atom stereocenters. The molecule has 1 aliphatic heterocycles. The fourth-order valence-electron chi connectivity index (χ4n) is 3.17. The van der Waals surface area contributed by atoms with Crippen molar-refractivity contribution < 1.29 is 4.74 Å². The second-order valence-corrected chi connectivity index (χ2v) is 6.33. The van der Waals surface area contributed by atoms with E-state index in [-0.39, 0.29) is 24.0 Å². The van der Waals surface area contributed by atoms with Crippen molar-refractivity contribution in [3.63, 3.8) is 0 Å². The first kappa shape index (κ1) is 20.6. The number of halogens is 1. The number of piperidine rings is 1. The van der Waals surface area contributed by atoms with Gasteiger partial charge in [0.05, 0.1) is 0 Å². The number of para-hydroxylation sites is 1.